The van der Waals surface area contributed by atoms with Crippen LogP contribution in [-0.2, 0) is 32.2 Å². The maximum atomic E-state index is 13.0. The van der Waals surface area contributed by atoms with Crippen LogP contribution in [0.4, 0.5) is 0 Å². The van der Waals surface area contributed by atoms with Gasteiger partial charge in [0.2, 0.25) is 0 Å². The molecule has 0 radical (unpaired) electrons. The molecule has 10 nitrogen and oxygen atoms in total. The minimum absolute atomic E-state index is 0.0344. The maximum absolute atomic E-state index is 13.0. The fourth-order valence-corrected chi connectivity index (χ4v) is 10.2. The molecule has 1 atom stereocenters. The molecule has 3 aliphatic carbocycles. The summed E-state index contributed by atoms with van der Waals surface area (Å²) in [5.74, 6) is 1.35. The van der Waals surface area contributed by atoms with Gasteiger partial charge in [-0.15, -0.1) is 0 Å². The summed E-state index contributed by atoms with van der Waals surface area (Å²) in [6, 6.07) is 27.7. The monoisotopic (exact) mass is 847 g/mol. The Balaban J connectivity index is 1.09. The van der Waals surface area contributed by atoms with Crippen LogP contribution in [0.5, 0.6) is 0 Å². The number of carbonyl (C=O) groups is 3. The Labute approximate surface area is 369 Å². The first-order chi connectivity index (χ1) is 30.3. The number of nitrogens with zero attached hydrogens (tertiary/aromatic N) is 2. The number of carbonyl (C=O) groups excluding carboxylic acids is 3. The number of benzene rings is 3. The molecule has 4 N–H and O–H groups in total. The van der Waals surface area contributed by atoms with Gasteiger partial charge in [0, 0.05) is 44.9 Å². The molecule has 6 rings (SSSR count). The van der Waals surface area contributed by atoms with Crippen molar-refractivity contribution in [3.05, 3.63) is 119 Å². The van der Waals surface area contributed by atoms with Crippen molar-refractivity contribution in [1.82, 2.24) is 20.8 Å². The van der Waals surface area contributed by atoms with Crippen molar-refractivity contribution in [2.24, 2.45) is 23.7 Å². The molecule has 62 heavy (non-hydrogen) atoms. The summed E-state index contributed by atoms with van der Waals surface area (Å²) >= 11 is 0. The Morgan fingerprint density at radius 2 is 1.13 bits per heavy atom. The van der Waals surface area contributed by atoms with Crippen molar-refractivity contribution in [2.45, 2.75) is 115 Å². The van der Waals surface area contributed by atoms with E-state index in [4.69, 9.17) is 15.2 Å². The van der Waals surface area contributed by atoms with Gasteiger partial charge in [0.05, 0.1) is 5.92 Å². The Kier molecular flexibility index (Phi) is 19.3. The largest absolute Gasteiger partial charge is 0.464 e. The second-order valence-electron chi connectivity index (χ2n) is 18.2. The minimum atomic E-state index is -0.566. The van der Waals surface area contributed by atoms with Crippen LogP contribution in [0.2, 0.25) is 0 Å². The molecule has 3 aromatic rings. The van der Waals surface area contributed by atoms with E-state index >= 15 is 0 Å². The summed E-state index contributed by atoms with van der Waals surface area (Å²) in [4.78, 5) is 41.2. The summed E-state index contributed by atoms with van der Waals surface area (Å²) in [6.07, 6.45) is 23.9. The van der Waals surface area contributed by atoms with Crippen molar-refractivity contribution < 1.29 is 29.5 Å². The van der Waals surface area contributed by atoms with E-state index in [1.165, 1.54) is 87.5 Å². The lowest BCUT2D eigenvalue weighted by atomic mass is 9.72. The van der Waals surface area contributed by atoms with E-state index in [-0.39, 0.29) is 11.9 Å². The molecular weight excluding hydrogens is 777 g/mol. The van der Waals surface area contributed by atoms with Crippen molar-refractivity contribution >= 4 is 29.9 Å². The van der Waals surface area contributed by atoms with E-state index in [9.17, 15) is 14.4 Å². The number of nitrogens with one attached hydrogen (secondary N) is 2. The molecule has 1 unspecified atom stereocenters. The molecule has 3 aromatic carbocycles. The first kappa shape index (κ1) is 46.9. The van der Waals surface area contributed by atoms with E-state index in [0.717, 1.165) is 87.4 Å². The number of amides is 2. The van der Waals surface area contributed by atoms with Gasteiger partial charge in [-0.1, -0.05) is 117 Å². The molecule has 3 saturated carbocycles. The Bertz CT molecular complexity index is 1850. The lowest BCUT2D eigenvalue weighted by molar-refractivity contribution is -0.150. The molecule has 3 fully saturated rings. The third-order valence-corrected chi connectivity index (χ3v) is 13.6. The lowest BCUT2D eigenvalue weighted by Gasteiger charge is -2.38. The van der Waals surface area contributed by atoms with Crippen molar-refractivity contribution in [1.29, 1.82) is 0 Å². The number of hydrogen-bond donors (Lipinski definition) is 4. The van der Waals surface area contributed by atoms with Gasteiger partial charge in [0.1, 0.15) is 6.61 Å². The Morgan fingerprint density at radius 1 is 0.613 bits per heavy atom. The molecule has 0 bridgehead atoms. The van der Waals surface area contributed by atoms with E-state index in [0.29, 0.717) is 30.9 Å². The number of hydroxylamine groups is 2. The highest BCUT2D eigenvalue weighted by atomic mass is 16.5. The fraction of sp³-hybridized carbons (Fsp3) is 0.519. The highest BCUT2D eigenvalue weighted by Crippen LogP contribution is 2.41. The van der Waals surface area contributed by atoms with Gasteiger partial charge in [-0.05, 0) is 128 Å². The molecule has 2 amide bonds. The topological polar surface area (TPSA) is 131 Å². The average Bonchev–Trinajstić information content (AvgIpc) is 3.32. The highest BCUT2D eigenvalue weighted by molar-refractivity contribution is 5.91. The molecule has 0 aliphatic heterocycles. The molecule has 334 valence electrons. The fourth-order valence-electron chi connectivity index (χ4n) is 10.2. The normalized spacial score (nSPS) is 19.5. The van der Waals surface area contributed by atoms with Crippen LogP contribution in [-0.4, -0.2) is 70.8 Å². The predicted octanol–water partition coefficient (Wildman–Crippen LogP) is 9.71. The number of hydrogen-bond acceptors (Lipinski definition) is 8. The van der Waals surface area contributed by atoms with Crippen LogP contribution in [0, 0.1) is 23.7 Å². The molecule has 10 heteroatoms. The van der Waals surface area contributed by atoms with E-state index in [2.05, 4.69) is 64.4 Å². The summed E-state index contributed by atoms with van der Waals surface area (Å²) in [6.45, 7) is 5.86. The molecule has 0 spiro atoms. The smallest absolute Gasteiger partial charge is 0.308 e. The van der Waals surface area contributed by atoms with Crippen molar-refractivity contribution in [3.63, 3.8) is 0 Å². The second kappa shape index (κ2) is 25.5. The quantitative estimate of drug-likeness (QED) is 0.0361. The third-order valence-electron chi connectivity index (χ3n) is 13.6. The zero-order valence-corrected chi connectivity index (χ0v) is 36.7. The Morgan fingerprint density at radius 3 is 1.68 bits per heavy atom. The second-order valence-corrected chi connectivity index (χ2v) is 18.2. The number of esters is 1. The predicted molar refractivity (Wildman–Crippen MR) is 245 cm³/mol. The summed E-state index contributed by atoms with van der Waals surface area (Å²) in [7, 11) is 0. The molecule has 3 aliphatic rings. The maximum Gasteiger partial charge on any atom is 0.308 e. The molecule has 0 saturated heterocycles. The van der Waals surface area contributed by atoms with Gasteiger partial charge in [0.15, 0.2) is 0 Å². The first-order valence-corrected chi connectivity index (χ1v) is 23.4. The van der Waals surface area contributed by atoms with Gasteiger partial charge in [-0.3, -0.25) is 34.6 Å². The minimum Gasteiger partial charge on any atom is -0.464 e. The van der Waals surface area contributed by atoms with Gasteiger partial charge in [0.25, 0.3) is 11.8 Å². The zero-order chi connectivity index (χ0) is 43.4. The first-order valence-electron chi connectivity index (χ1n) is 23.4. The van der Waals surface area contributed by atoms with Crippen molar-refractivity contribution in [3.8, 4) is 0 Å². The number of ether oxygens (including phenoxy) is 1. The van der Waals surface area contributed by atoms with E-state index in [1.54, 1.807) is 23.1 Å². The summed E-state index contributed by atoms with van der Waals surface area (Å²) < 4.78 is 5.92. The van der Waals surface area contributed by atoms with Crippen LogP contribution in [0.15, 0.2) is 91.0 Å². The van der Waals surface area contributed by atoms with E-state index in [1.807, 2.05) is 24.3 Å². The van der Waals surface area contributed by atoms with Crippen LogP contribution >= 0.6 is 0 Å². The number of rotatable bonds is 21. The SMILES string of the molecule is O=C(/C=C/c1ccc(CN(CCOC(=O)C2CCCCC2)CCC(c2ccccc2)C2CCC(CN(Cc3ccc(/C=C/C(=O)NO)cc3)CC3CCCCC3)CC2)cc1)NO. The Hall–Kier alpha value is -4.61. The zero-order valence-electron chi connectivity index (χ0n) is 36.7. The molecule has 0 heterocycles. The van der Waals surface area contributed by atoms with Gasteiger partial charge in [-0.2, -0.15) is 0 Å². The highest BCUT2D eigenvalue weighted by Gasteiger charge is 2.31. The van der Waals surface area contributed by atoms with Gasteiger partial charge < -0.3 is 4.74 Å². The van der Waals surface area contributed by atoms with Crippen LogP contribution in [0.3, 0.4) is 0 Å². The van der Waals surface area contributed by atoms with E-state index < -0.39 is 11.8 Å². The van der Waals surface area contributed by atoms with Crippen molar-refractivity contribution in [2.75, 3.05) is 32.8 Å². The summed E-state index contributed by atoms with van der Waals surface area (Å²) in [5, 5.41) is 17.7. The van der Waals surface area contributed by atoms with Gasteiger partial charge >= 0.3 is 5.97 Å². The molecule has 0 aromatic heterocycles. The van der Waals surface area contributed by atoms with Crippen LogP contribution in [0.25, 0.3) is 12.2 Å². The standard InChI is InChI=1S/C52H70N4O6/c57-50(53-60)30-26-40-16-20-43(21-17-40)36-55(34-35-62-52(59)48-14-8-3-9-15-48)33-32-49(46-12-6-2-7-13-46)47-28-24-45(25-29-47)39-56(37-42-10-4-1-5-11-42)38-44-22-18-41(19-23-44)27-31-51(58)54-61/h2,6-7,12-13,16-23,26-27,30-31,42,45,47-49,60-61H,1,3-5,8-11,14-15,24-25,28-29,32-39H2,(H,53,57)(H,54,58)/b30-26+,31-27+. The van der Waals surface area contributed by atoms with Crippen LogP contribution in [0.1, 0.15) is 130 Å². The average molecular weight is 847 g/mol. The lowest BCUT2D eigenvalue weighted by Crippen LogP contribution is -2.36. The third kappa shape index (κ3) is 15.6. The summed E-state index contributed by atoms with van der Waals surface area (Å²) in [5.41, 5.74) is 8.94. The molecular formula is C52H70N4O6. The van der Waals surface area contributed by atoms with Crippen LogP contribution < -0.4 is 11.0 Å². The van der Waals surface area contributed by atoms with Gasteiger partial charge in [-0.25, -0.2) is 11.0 Å².